The summed E-state index contributed by atoms with van der Waals surface area (Å²) in [6.45, 7) is 4.30. The van der Waals surface area contributed by atoms with Crippen molar-refractivity contribution in [3.63, 3.8) is 0 Å². The van der Waals surface area contributed by atoms with E-state index in [2.05, 4.69) is 5.32 Å². The summed E-state index contributed by atoms with van der Waals surface area (Å²) in [5, 5.41) is 2.85. The summed E-state index contributed by atoms with van der Waals surface area (Å²) < 4.78 is 15.7. The number of halogens is 1. The van der Waals surface area contributed by atoms with E-state index in [9.17, 15) is 14.4 Å². The Labute approximate surface area is 162 Å². The van der Waals surface area contributed by atoms with Gasteiger partial charge in [-0.15, -0.1) is 0 Å². The van der Waals surface area contributed by atoms with Gasteiger partial charge in [0, 0.05) is 19.2 Å². The number of imide groups is 1. The van der Waals surface area contributed by atoms with Gasteiger partial charge in [0.2, 0.25) is 0 Å². The van der Waals surface area contributed by atoms with Crippen LogP contribution in [0.3, 0.4) is 0 Å². The number of amides is 3. The molecule has 0 bridgehead atoms. The Balaban J connectivity index is 2.02. The van der Waals surface area contributed by atoms with E-state index < -0.39 is 24.0 Å². The number of carbonyl (C=O) groups excluding carboxylic acids is 3. The third-order valence-electron chi connectivity index (χ3n) is 3.72. The summed E-state index contributed by atoms with van der Waals surface area (Å²) in [6.07, 6.45) is 1.57. The van der Waals surface area contributed by atoms with Crippen LogP contribution in [-0.4, -0.2) is 55.7 Å². The molecule has 0 aromatic heterocycles. The van der Waals surface area contributed by atoms with Crippen molar-refractivity contribution in [1.82, 2.24) is 10.2 Å². The SMILES string of the molecule is CCOc1c(Cl)cc(/C=C/C(=O)O[C@@H](C)C(=O)N2CCNC2=O)cc1OC. The highest BCUT2D eigenvalue weighted by molar-refractivity contribution is 6.32. The highest BCUT2D eigenvalue weighted by Gasteiger charge is 2.31. The van der Waals surface area contributed by atoms with E-state index in [1.807, 2.05) is 6.92 Å². The average Bonchev–Trinajstić information content (AvgIpc) is 3.07. The van der Waals surface area contributed by atoms with Gasteiger partial charge in [-0.05, 0) is 37.6 Å². The van der Waals surface area contributed by atoms with E-state index >= 15 is 0 Å². The van der Waals surface area contributed by atoms with Gasteiger partial charge < -0.3 is 19.5 Å². The lowest BCUT2D eigenvalue weighted by molar-refractivity contribution is -0.153. The lowest BCUT2D eigenvalue weighted by Crippen LogP contribution is -2.41. The van der Waals surface area contributed by atoms with Gasteiger partial charge in [0.05, 0.1) is 18.7 Å². The second-order valence-corrected chi connectivity index (χ2v) is 6.01. The van der Waals surface area contributed by atoms with Crippen LogP contribution < -0.4 is 14.8 Å². The molecule has 9 heteroatoms. The lowest BCUT2D eigenvalue weighted by atomic mass is 10.2. The number of urea groups is 1. The predicted molar refractivity (Wildman–Crippen MR) is 98.9 cm³/mol. The third-order valence-corrected chi connectivity index (χ3v) is 4.00. The van der Waals surface area contributed by atoms with Crippen molar-refractivity contribution in [3.05, 3.63) is 28.8 Å². The van der Waals surface area contributed by atoms with Crippen LogP contribution in [0.5, 0.6) is 11.5 Å². The minimum absolute atomic E-state index is 0.250. The number of esters is 1. The maximum atomic E-state index is 12.1. The zero-order valence-electron chi connectivity index (χ0n) is 15.3. The van der Waals surface area contributed by atoms with Gasteiger partial charge in [0.25, 0.3) is 5.91 Å². The van der Waals surface area contributed by atoms with Gasteiger partial charge in [-0.25, -0.2) is 9.59 Å². The molecule has 146 valence electrons. The smallest absolute Gasteiger partial charge is 0.331 e. The molecule has 0 unspecified atom stereocenters. The molecule has 0 aliphatic carbocycles. The summed E-state index contributed by atoms with van der Waals surface area (Å²) in [7, 11) is 1.48. The van der Waals surface area contributed by atoms with Crippen LogP contribution in [0.4, 0.5) is 4.79 Å². The minimum atomic E-state index is -1.08. The maximum Gasteiger partial charge on any atom is 0.331 e. The highest BCUT2D eigenvalue weighted by atomic mass is 35.5. The maximum absolute atomic E-state index is 12.1. The molecule has 27 heavy (non-hydrogen) atoms. The molecule has 3 amide bonds. The standard InChI is InChI=1S/C18H21ClN2O6/c1-4-26-16-13(19)9-12(10-14(16)25-3)5-6-15(22)27-11(2)17(23)21-8-7-20-18(21)24/h5-6,9-11H,4,7-8H2,1-3H3,(H,20,24)/b6-5+/t11-/m0/s1. The third kappa shape index (κ3) is 5.13. The molecule has 1 aliphatic rings. The fourth-order valence-corrected chi connectivity index (χ4v) is 2.72. The molecule has 1 aromatic rings. The normalized spacial score (nSPS) is 14.8. The van der Waals surface area contributed by atoms with E-state index in [0.717, 1.165) is 4.90 Å². The molecule has 1 atom stereocenters. The predicted octanol–water partition coefficient (Wildman–Crippen LogP) is 2.24. The first-order chi connectivity index (χ1) is 12.9. The fourth-order valence-electron chi connectivity index (χ4n) is 2.45. The number of nitrogens with one attached hydrogen (secondary N) is 1. The monoisotopic (exact) mass is 396 g/mol. The number of hydrogen-bond donors (Lipinski definition) is 1. The van der Waals surface area contributed by atoms with Crippen molar-refractivity contribution in [1.29, 1.82) is 0 Å². The van der Waals surface area contributed by atoms with Crippen molar-refractivity contribution in [3.8, 4) is 11.5 Å². The number of benzene rings is 1. The van der Waals surface area contributed by atoms with E-state index in [4.69, 9.17) is 25.8 Å². The molecule has 0 radical (unpaired) electrons. The molecular weight excluding hydrogens is 376 g/mol. The van der Waals surface area contributed by atoms with Crippen LogP contribution in [0.15, 0.2) is 18.2 Å². The van der Waals surface area contributed by atoms with Crippen molar-refractivity contribution in [2.45, 2.75) is 20.0 Å². The van der Waals surface area contributed by atoms with Crippen molar-refractivity contribution < 1.29 is 28.6 Å². The number of rotatable bonds is 7. The summed E-state index contributed by atoms with van der Waals surface area (Å²) >= 11 is 6.18. The summed E-state index contributed by atoms with van der Waals surface area (Å²) in [4.78, 5) is 36.6. The van der Waals surface area contributed by atoms with E-state index in [0.29, 0.717) is 35.2 Å². The zero-order valence-corrected chi connectivity index (χ0v) is 16.0. The Morgan fingerprint density at radius 1 is 1.41 bits per heavy atom. The van der Waals surface area contributed by atoms with Gasteiger partial charge in [0.1, 0.15) is 0 Å². The Bertz CT molecular complexity index is 764. The molecule has 8 nitrogen and oxygen atoms in total. The molecule has 1 N–H and O–H groups in total. The Morgan fingerprint density at radius 3 is 2.74 bits per heavy atom. The largest absolute Gasteiger partial charge is 0.493 e. The fraction of sp³-hybridized carbons (Fsp3) is 0.389. The minimum Gasteiger partial charge on any atom is -0.493 e. The van der Waals surface area contributed by atoms with Gasteiger partial charge in [-0.1, -0.05) is 11.6 Å². The van der Waals surface area contributed by atoms with Crippen LogP contribution in [-0.2, 0) is 14.3 Å². The molecule has 1 aromatic carbocycles. The Morgan fingerprint density at radius 2 is 2.15 bits per heavy atom. The Hall–Kier alpha value is -2.74. The van der Waals surface area contributed by atoms with Crippen molar-refractivity contribution >= 4 is 35.6 Å². The Kier molecular flexibility index (Phi) is 7.06. The van der Waals surface area contributed by atoms with Crippen LogP contribution in [0.1, 0.15) is 19.4 Å². The molecule has 1 heterocycles. The van der Waals surface area contributed by atoms with Crippen molar-refractivity contribution in [2.24, 2.45) is 0 Å². The van der Waals surface area contributed by atoms with Crippen LogP contribution in [0, 0.1) is 0 Å². The number of hydrogen-bond acceptors (Lipinski definition) is 6. The summed E-state index contributed by atoms with van der Waals surface area (Å²) in [5.41, 5.74) is 0.593. The first kappa shape index (κ1) is 20.6. The molecule has 1 fully saturated rings. The topological polar surface area (TPSA) is 94.2 Å². The number of ether oxygens (including phenoxy) is 3. The quantitative estimate of drug-likeness (QED) is 0.561. The number of nitrogens with zero attached hydrogens (tertiary/aromatic N) is 1. The van der Waals surface area contributed by atoms with Gasteiger partial charge in [0.15, 0.2) is 17.6 Å². The van der Waals surface area contributed by atoms with Gasteiger partial charge in [-0.3, -0.25) is 9.69 Å². The van der Waals surface area contributed by atoms with Gasteiger partial charge in [-0.2, -0.15) is 0 Å². The molecular formula is C18H21ClN2O6. The van der Waals surface area contributed by atoms with Crippen LogP contribution in [0.25, 0.3) is 6.08 Å². The van der Waals surface area contributed by atoms with E-state index in [1.165, 1.54) is 26.2 Å². The molecule has 1 saturated heterocycles. The first-order valence-corrected chi connectivity index (χ1v) is 8.73. The molecule has 2 rings (SSSR count). The van der Waals surface area contributed by atoms with Crippen LogP contribution in [0.2, 0.25) is 5.02 Å². The average molecular weight is 397 g/mol. The van der Waals surface area contributed by atoms with Crippen LogP contribution >= 0.6 is 11.6 Å². The molecule has 0 saturated carbocycles. The highest BCUT2D eigenvalue weighted by Crippen LogP contribution is 2.36. The van der Waals surface area contributed by atoms with E-state index in [1.54, 1.807) is 12.1 Å². The van der Waals surface area contributed by atoms with E-state index in [-0.39, 0.29) is 6.54 Å². The lowest BCUT2D eigenvalue weighted by Gasteiger charge is -2.17. The number of methoxy groups -OCH3 is 1. The van der Waals surface area contributed by atoms with Gasteiger partial charge >= 0.3 is 12.0 Å². The second kappa shape index (κ2) is 9.27. The number of carbonyl (C=O) groups is 3. The zero-order chi connectivity index (χ0) is 20.0. The van der Waals surface area contributed by atoms with Crippen molar-refractivity contribution in [2.75, 3.05) is 26.8 Å². The molecule has 1 aliphatic heterocycles. The molecule has 0 spiro atoms. The summed E-state index contributed by atoms with van der Waals surface area (Å²) in [5.74, 6) is -0.442. The first-order valence-electron chi connectivity index (χ1n) is 8.35. The second-order valence-electron chi connectivity index (χ2n) is 5.60. The summed E-state index contributed by atoms with van der Waals surface area (Å²) in [6, 6.07) is 2.78.